The molecule has 1 amide bonds. The number of carbonyl (C=O) groups is 1. The second kappa shape index (κ2) is 6.02. The van der Waals surface area contributed by atoms with E-state index in [1.807, 2.05) is 6.92 Å². The zero-order valence-corrected chi connectivity index (χ0v) is 8.96. The maximum absolute atomic E-state index is 11.4. The monoisotopic (exact) mass is 199 g/mol. The van der Waals surface area contributed by atoms with E-state index in [2.05, 4.69) is 5.32 Å². The maximum Gasteiger partial charge on any atom is 0.220 e. The minimum absolute atomic E-state index is 0.101. The highest BCUT2D eigenvalue weighted by Gasteiger charge is 2.18. The van der Waals surface area contributed by atoms with Crippen molar-refractivity contribution in [2.24, 2.45) is 5.92 Å². The van der Waals surface area contributed by atoms with Crippen LogP contribution in [0.4, 0.5) is 0 Å². The molecule has 1 aliphatic rings. The summed E-state index contributed by atoms with van der Waals surface area (Å²) in [6.07, 6.45) is 5.90. The molecule has 1 rings (SSSR count). The van der Waals surface area contributed by atoms with E-state index in [-0.39, 0.29) is 12.0 Å². The lowest BCUT2D eigenvalue weighted by Crippen LogP contribution is -2.32. The molecule has 1 atom stereocenters. The zero-order chi connectivity index (χ0) is 10.4. The summed E-state index contributed by atoms with van der Waals surface area (Å²) >= 11 is 0. The number of aliphatic hydroxyl groups excluding tert-OH is 1. The Bertz CT molecular complexity index is 176. The summed E-state index contributed by atoms with van der Waals surface area (Å²) in [6, 6.07) is 0. The van der Waals surface area contributed by atoms with E-state index in [0.717, 1.165) is 0 Å². The van der Waals surface area contributed by atoms with Crippen LogP contribution in [0.2, 0.25) is 0 Å². The van der Waals surface area contributed by atoms with Gasteiger partial charge in [0.25, 0.3) is 0 Å². The standard InChI is InChI=1S/C11H21NO2/c1-2-10(13)8-12-11(14)7-9-5-3-4-6-9/h9-10,13H,2-8H2,1H3,(H,12,14). The molecule has 0 aliphatic heterocycles. The van der Waals surface area contributed by atoms with E-state index < -0.39 is 0 Å². The van der Waals surface area contributed by atoms with Gasteiger partial charge in [0.2, 0.25) is 5.91 Å². The topological polar surface area (TPSA) is 49.3 Å². The van der Waals surface area contributed by atoms with Crippen molar-refractivity contribution >= 4 is 5.91 Å². The van der Waals surface area contributed by atoms with E-state index >= 15 is 0 Å². The minimum Gasteiger partial charge on any atom is -0.391 e. The number of rotatable bonds is 5. The van der Waals surface area contributed by atoms with Crippen molar-refractivity contribution in [2.45, 2.75) is 51.6 Å². The molecule has 0 aromatic heterocycles. The predicted octanol–water partition coefficient (Wildman–Crippen LogP) is 1.45. The average molecular weight is 199 g/mol. The van der Waals surface area contributed by atoms with Crippen LogP contribution in [0.3, 0.4) is 0 Å². The summed E-state index contributed by atoms with van der Waals surface area (Å²) in [5.41, 5.74) is 0. The van der Waals surface area contributed by atoms with E-state index in [1.54, 1.807) is 0 Å². The number of hydrogen-bond acceptors (Lipinski definition) is 2. The normalized spacial score (nSPS) is 19.6. The molecular weight excluding hydrogens is 178 g/mol. The molecule has 1 aliphatic carbocycles. The van der Waals surface area contributed by atoms with Crippen molar-refractivity contribution in [3.05, 3.63) is 0 Å². The molecule has 0 radical (unpaired) electrons. The molecule has 1 unspecified atom stereocenters. The summed E-state index contributed by atoms with van der Waals surface area (Å²) in [5, 5.41) is 12.0. The Morgan fingerprint density at radius 2 is 2.14 bits per heavy atom. The SMILES string of the molecule is CCC(O)CNC(=O)CC1CCCC1. The van der Waals surface area contributed by atoms with Crippen LogP contribution >= 0.6 is 0 Å². The Kier molecular flexibility index (Phi) is 4.94. The molecule has 82 valence electrons. The third-order valence-corrected chi connectivity index (χ3v) is 2.95. The van der Waals surface area contributed by atoms with E-state index in [0.29, 0.717) is 25.3 Å². The molecule has 0 bridgehead atoms. The Morgan fingerprint density at radius 3 is 2.71 bits per heavy atom. The smallest absolute Gasteiger partial charge is 0.220 e. The Hall–Kier alpha value is -0.570. The molecule has 2 N–H and O–H groups in total. The summed E-state index contributed by atoms with van der Waals surface area (Å²) in [4.78, 5) is 11.4. The fraction of sp³-hybridized carbons (Fsp3) is 0.909. The molecule has 1 saturated carbocycles. The largest absolute Gasteiger partial charge is 0.391 e. The molecule has 0 heterocycles. The number of amides is 1. The van der Waals surface area contributed by atoms with Gasteiger partial charge in [-0.3, -0.25) is 4.79 Å². The van der Waals surface area contributed by atoms with Gasteiger partial charge in [0, 0.05) is 13.0 Å². The highest BCUT2D eigenvalue weighted by Crippen LogP contribution is 2.27. The van der Waals surface area contributed by atoms with Crippen molar-refractivity contribution in [3.8, 4) is 0 Å². The van der Waals surface area contributed by atoms with Gasteiger partial charge in [0.05, 0.1) is 6.10 Å². The molecule has 1 fully saturated rings. The average Bonchev–Trinajstić information content (AvgIpc) is 2.66. The Balaban J connectivity index is 2.09. The Morgan fingerprint density at radius 1 is 1.50 bits per heavy atom. The van der Waals surface area contributed by atoms with Crippen LogP contribution in [0.15, 0.2) is 0 Å². The summed E-state index contributed by atoms with van der Waals surface area (Å²) in [5.74, 6) is 0.693. The summed E-state index contributed by atoms with van der Waals surface area (Å²) in [6.45, 7) is 2.32. The van der Waals surface area contributed by atoms with E-state index in [1.165, 1.54) is 25.7 Å². The van der Waals surface area contributed by atoms with Gasteiger partial charge in [-0.05, 0) is 25.2 Å². The molecule has 0 saturated heterocycles. The highest BCUT2D eigenvalue weighted by molar-refractivity contribution is 5.76. The van der Waals surface area contributed by atoms with Crippen LogP contribution in [0, 0.1) is 5.92 Å². The molecule has 3 heteroatoms. The molecule has 0 aromatic carbocycles. The molecular formula is C11H21NO2. The lowest BCUT2D eigenvalue weighted by atomic mass is 10.0. The first-order valence-corrected chi connectivity index (χ1v) is 5.67. The van der Waals surface area contributed by atoms with Crippen molar-refractivity contribution < 1.29 is 9.90 Å². The second-order valence-corrected chi connectivity index (χ2v) is 4.22. The van der Waals surface area contributed by atoms with Crippen molar-refractivity contribution in [1.29, 1.82) is 0 Å². The lowest BCUT2D eigenvalue weighted by molar-refractivity contribution is -0.122. The van der Waals surface area contributed by atoms with Crippen LogP contribution < -0.4 is 5.32 Å². The van der Waals surface area contributed by atoms with Gasteiger partial charge < -0.3 is 10.4 Å². The van der Waals surface area contributed by atoms with E-state index in [9.17, 15) is 9.90 Å². The number of aliphatic hydroxyl groups is 1. The fourth-order valence-corrected chi connectivity index (χ4v) is 1.92. The van der Waals surface area contributed by atoms with Gasteiger partial charge in [0.1, 0.15) is 0 Å². The van der Waals surface area contributed by atoms with Crippen LogP contribution in [0.5, 0.6) is 0 Å². The third kappa shape index (κ3) is 4.09. The van der Waals surface area contributed by atoms with Gasteiger partial charge in [-0.15, -0.1) is 0 Å². The van der Waals surface area contributed by atoms with Crippen LogP contribution in [0.25, 0.3) is 0 Å². The summed E-state index contributed by atoms with van der Waals surface area (Å²) < 4.78 is 0. The van der Waals surface area contributed by atoms with Gasteiger partial charge in [-0.25, -0.2) is 0 Å². The molecule has 0 spiro atoms. The molecule has 14 heavy (non-hydrogen) atoms. The molecule has 0 aromatic rings. The van der Waals surface area contributed by atoms with Crippen LogP contribution in [-0.4, -0.2) is 23.7 Å². The minimum atomic E-state index is -0.387. The van der Waals surface area contributed by atoms with Gasteiger partial charge in [0.15, 0.2) is 0 Å². The first-order chi connectivity index (χ1) is 6.72. The van der Waals surface area contributed by atoms with Crippen molar-refractivity contribution in [1.82, 2.24) is 5.32 Å². The number of nitrogens with one attached hydrogen (secondary N) is 1. The van der Waals surface area contributed by atoms with Crippen LogP contribution in [0.1, 0.15) is 45.4 Å². The Labute approximate surface area is 85.9 Å². The zero-order valence-electron chi connectivity index (χ0n) is 8.96. The lowest BCUT2D eigenvalue weighted by Gasteiger charge is -2.11. The van der Waals surface area contributed by atoms with Gasteiger partial charge >= 0.3 is 0 Å². The van der Waals surface area contributed by atoms with Gasteiger partial charge in [-0.1, -0.05) is 19.8 Å². The van der Waals surface area contributed by atoms with Crippen molar-refractivity contribution in [2.75, 3.05) is 6.54 Å². The summed E-state index contributed by atoms with van der Waals surface area (Å²) in [7, 11) is 0. The molecule has 3 nitrogen and oxygen atoms in total. The highest BCUT2D eigenvalue weighted by atomic mass is 16.3. The van der Waals surface area contributed by atoms with Crippen molar-refractivity contribution in [3.63, 3.8) is 0 Å². The van der Waals surface area contributed by atoms with Gasteiger partial charge in [-0.2, -0.15) is 0 Å². The maximum atomic E-state index is 11.4. The van der Waals surface area contributed by atoms with Crippen LogP contribution in [-0.2, 0) is 4.79 Å². The number of carbonyl (C=O) groups excluding carboxylic acids is 1. The quantitative estimate of drug-likeness (QED) is 0.704. The first-order valence-electron chi connectivity index (χ1n) is 5.67. The fourth-order valence-electron chi connectivity index (χ4n) is 1.92. The third-order valence-electron chi connectivity index (χ3n) is 2.95. The number of hydrogen-bond donors (Lipinski definition) is 2. The van der Waals surface area contributed by atoms with E-state index in [4.69, 9.17) is 0 Å². The second-order valence-electron chi connectivity index (χ2n) is 4.22. The predicted molar refractivity (Wildman–Crippen MR) is 55.9 cm³/mol. The first kappa shape index (κ1) is 11.5.